The first kappa shape index (κ1) is 9.29. The number of aryl methyl sites for hydroxylation is 1. The summed E-state index contributed by atoms with van der Waals surface area (Å²) in [5.41, 5.74) is -0.150. The van der Waals surface area contributed by atoms with E-state index in [1.54, 1.807) is 0 Å². The van der Waals surface area contributed by atoms with E-state index in [9.17, 15) is 0 Å². The predicted molar refractivity (Wildman–Crippen MR) is 46.6 cm³/mol. The Labute approximate surface area is 72.5 Å². The Kier molecular flexibility index (Phi) is 2.55. The zero-order valence-corrected chi connectivity index (χ0v) is 7.76. The van der Waals surface area contributed by atoms with E-state index < -0.39 is 0 Å². The van der Waals surface area contributed by atoms with Gasteiger partial charge in [-0.15, -0.1) is 0 Å². The van der Waals surface area contributed by atoms with Crippen molar-refractivity contribution in [1.82, 2.24) is 0 Å². The molecule has 1 aromatic rings. The number of hydrogen-bond acceptors (Lipinski definition) is 3. The van der Waals surface area contributed by atoms with E-state index in [1.807, 2.05) is 32.9 Å². The molecule has 2 N–H and O–H groups in total. The van der Waals surface area contributed by atoms with E-state index in [2.05, 4.69) is 4.84 Å². The van der Waals surface area contributed by atoms with Crippen LogP contribution in [0.15, 0.2) is 16.5 Å². The molecule has 3 heteroatoms. The van der Waals surface area contributed by atoms with E-state index >= 15 is 0 Å². The molecular weight excluding hydrogens is 154 g/mol. The van der Waals surface area contributed by atoms with Gasteiger partial charge in [0, 0.05) is 5.41 Å². The maximum atomic E-state index is 5.47. The van der Waals surface area contributed by atoms with Gasteiger partial charge in [0.1, 0.15) is 11.5 Å². The molecular formula is C9H15NO2. The Balaban J connectivity index is 2.81. The van der Waals surface area contributed by atoms with Gasteiger partial charge in [0.25, 0.3) is 0 Å². The van der Waals surface area contributed by atoms with Crippen molar-refractivity contribution in [1.29, 1.82) is 0 Å². The lowest BCUT2D eigenvalue weighted by atomic mass is 9.92. The molecule has 1 aromatic heterocycles. The molecule has 0 radical (unpaired) electrons. The first-order chi connectivity index (χ1) is 5.56. The summed E-state index contributed by atoms with van der Waals surface area (Å²) in [5, 5.41) is 0. The number of rotatable bonds is 3. The van der Waals surface area contributed by atoms with Gasteiger partial charge in [-0.2, -0.15) is 0 Å². The molecule has 0 aromatic carbocycles. The zero-order chi connectivity index (χ0) is 9.19. The van der Waals surface area contributed by atoms with Gasteiger partial charge in [-0.25, -0.2) is 5.90 Å². The Morgan fingerprint density at radius 1 is 1.50 bits per heavy atom. The van der Waals surface area contributed by atoms with Gasteiger partial charge >= 0.3 is 0 Å². The minimum atomic E-state index is -0.150. The second-order valence-corrected chi connectivity index (χ2v) is 3.61. The highest BCUT2D eigenvalue weighted by atomic mass is 16.6. The van der Waals surface area contributed by atoms with Crippen LogP contribution in [0.2, 0.25) is 0 Å². The van der Waals surface area contributed by atoms with Crippen LogP contribution in [0, 0.1) is 6.92 Å². The Morgan fingerprint density at radius 3 is 2.58 bits per heavy atom. The third-order valence-electron chi connectivity index (χ3n) is 1.85. The lowest BCUT2D eigenvalue weighted by Crippen LogP contribution is -2.25. The number of furan rings is 1. The molecule has 0 spiro atoms. The molecule has 0 unspecified atom stereocenters. The largest absolute Gasteiger partial charge is 0.466 e. The van der Waals surface area contributed by atoms with Crippen LogP contribution in [0.4, 0.5) is 0 Å². The van der Waals surface area contributed by atoms with Gasteiger partial charge in [-0.3, -0.25) is 0 Å². The predicted octanol–water partition coefficient (Wildman–Crippen LogP) is 1.76. The Bertz CT molecular complexity index is 253. The van der Waals surface area contributed by atoms with Gasteiger partial charge in [0.05, 0.1) is 6.61 Å². The molecule has 68 valence electrons. The summed E-state index contributed by atoms with van der Waals surface area (Å²) in [6.07, 6.45) is 0. The lowest BCUT2D eigenvalue weighted by molar-refractivity contribution is 0.0875. The standard InChI is InChI=1S/C9H15NO2/c1-7-4-5-8(12-7)9(2,3)6-11-10/h4-5H,6,10H2,1-3H3. The monoisotopic (exact) mass is 169 g/mol. The lowest BCUT2D eigenvalue weighted by Gasteiger charge is -2.19. The zero-order valence-electron chi connectivity index (χ0n) is 7.76. The summed E-state index contributed by atoms with van der Waals surface area (Å²) >= 11 is 0. The molecule has 0 aliphatic heterocycles. The highest BCUT2D eigenvalue weighted by Gasteiger charge is 2.24. The molecule has 0 aliphatic rings. The van der Waals surface area contributed by atoms with Crippen molar-refractivity contribution < 1.29 is 9.25 Å². The molecule has 0 fully saturated rings. The molecule has 0 bridgehead atoms. The molecule has 12 heavy (non-hydrogen) atoms. The fraction of sp³-hybridized carbons (Fsp3) is 0.556. The van der Waals surface area contributed by atoms with Crippen LogP contribution in [0.5, 0.6) is 0 Å². The average Bonchev–Trinajstić information content (AvgIpc) is 2.36. The van der Waals surface area contributed by atoms with Crippen LogP contribution in [0.3, 0.4) is 0 Å². The number of nitrogens with two attached hydrogens (primary N) is 1. The summed E-state index contributed by atoms with van der Waals surface area (Å²) in [5.74, 6) is 6.84. The van der Waals surface area contributed by atoms with Crippen LogP contribution in [-0.2, 0) is 10.3 Å². The quantitative estimate of drug-likeness (QED) is 0.701. The Hall–Kier alpha value is -0.800. The van der Waals surface area contributed by atoms with Gasteiger partial charge in [-0.1, -0.05) is 13.8 Å². The van der Waals surface area contributed by atoms with Crippen molar-refractivity contribution in [3.8, 4) is 0 Å². The molecule has 3 nitrogen and oxygen atoms in total. The van der Waals surface area contributed by atoms with Crippen LogP contribution >= 0.6 is 0 Å². The minimum Gasteiger partial charge on any atom is -0.466 e. The molecule has 0 atom stereocenters. The van der Waals surface area contributed by atoms with Crippen molar-refractivity contribution in [2.24, 2.45) is 5.90 Å². The van der Waals surface area contributed by atoms with Crippen molar-refractivity contribution in [3.63, 3.8) is 0 Å². The summed E-state index contributed by atoms with van der Waals surface area (Å²) in [6.45, 7) is 6.43. The Morgan fingerprint density at radius 2 is 2.17 bits per heavy atom. The summed E-state index contributed by atoms with van der Waals surface area (Å²) in [4.78, 5) is 4.61. The fourth-order valence-electron chi connectivity index (χ4n) is 1.08. The third-order valence-corrected chi connectivity index (χ3v) is 1.85. The van der Waals surface area contributed by atoms with Crippen LogP contribution < -0.4 is 5.90 Å². The molecule has 0 saturated carbocycles. The highest BCUT2D eigenvalue weighted by molar-refractivity contribution is 5.14. The van der Waals surface area contributed by atoms with E-state index in [0.29, 0.717) is 6.61 Å². The van der Waals surface area contributed by atoms with Gasteiger partial charge < -0.3 is 9.25 Å². The van der Waals surface area contributed by atoms with Crippen molar-refractivity contribution >= 4 is 0 Å². The second-order valence-electron chi connectivity index (χ2n) is 3.61. The molecule has 0 aliphatic carbocycles. The average molecular weight is 169 g/mol. The van der Waals surface area contributed by atoms with Gasteiger partial charge in [-0.05, 0) is 19.1 Å². The number of hydrogen-bond donors (Lipinski definition) is 1. The van der Waals surface area contributed by atoms with Crippen LogP contribution in [-0.4, -0.2) is 6.61 Å². The summed E-state index contributed by atoms with van der Waals surface area (Å²) in [7, 11) is 0. The maximum Gasteiger partial charge on any atom is 0.112 e. The van der Waals surface area contributed by atoms with Crippen molar-refractivity contribution in [3.05, 3.63) is 23.7 Å². The maximum absolute atomic E-state index is 5.47. The minimum absolute atomic E-state index is 0.150. The first-order valence-electron chi connectivity index (χ1n) is 3.95. The van der Waals surface area contributed by atoms with E-state index in [1.165, 1.54) is 0 Å². The highest BCUT2D eigenvalue weighted by Crippen LogP contribution is 2.24. The molecule has 1 heterocycles. The summed E-state index contributed by atoms with van der Waals surface area (Å²) < 4.78 is 5.47. The van der Waals surface area contributed by atoms with Crippen LogP contribution in [0.1, 0.15) is 25.4 Å². The first-order valence-corrected chi connectivity index (χ1v) is 3.95. The van der Waals surface area contributed by atoms with Crippen molar-refractivity contribution in [2.75, 3.05) is 6.61 Å². The second kappa shape index (κ2) is 3.29. The normalized spacial score (nSPS) is 12.0. The van der Waals surface area contributed by atoms with E-state index in [0.717, 1.165) is 11.5 Å². The molecule has 0 saturated heterocycles. The van der Waals surface area contributed by atoms with Gasteiger partial charge in [0.15, 0.2) is 0 Å². The van der Waals surface area contributed by atoms with Crippen LogP contribution in [0.25, 0.3) is 0 Å². The van der Waals surface area contributed by atoms with E-state index in [4.69, 9.17) is 10.3 Å². The summed E-state index contributed by atoms with van der Waals surface area (Å²) in [6, 6.07) is 3.89. The fourth-order valence-corrected chi connectivity index (χ4v) is 1.08. The van der Waals surface area contributed by atoms with Gasteiger partial charge in [0.2, 0.25) is 0 Å². The topological polar surface area (TPSA) is 48.4 Å². The molecule has 0 amide bonds. The van der Waals surface area contributed by atoms with Crippen molar-refractivity contribution in [2.45, 2.75) is 26.2 Å². The SMILES string of the molecule is Cc1ccc(C(C)(C)CON)o1. The molecule has 1 rings (SSSR count). The smallest absolute Gasteiger partial charge is 0.112 e. The van der Waals surface area contributed by atoms with E-state index in [-0.39, 0.29) is 5.41 Å². The third kappa shape index (κ3) is 1.87.